The van der Waals surface area contributed by atoms with Crippen LogP contribution in [-0.2, 0) is 13.0 Å². The third-order valence-electron chi connectivity index (χ3n) is 3.29. The van der Waals surface area contributed by atoms with E-state index in [1.54, 1.807) is 19.5 Å². The molecule has 1 heterocycles. The maximum Gasteiger partial charge on any atom is 0.315 e. The second kappa shape index (κ2) is 8.02. The van der Waals surface area contributed by atoms with Gasteiger partial charge in [0.25, 0.3) is 0 Å². The van der Waals surface area contributed by atoms with Gasteiger partial charge in [-0.1, -0.05) is 23.8 Å². The maximum absolute atomic E-state index is 11.8. The Morgan fingerprint density at radius 1 is 1.27 bits per heavy atom. The lowest BCUT2D eigenvalue weighted by atomic mass is 10.1. The van der Waals surface area contributed by atoms with E-state index >= 15 is 0 Å². The van der Waals surface area contributed by atoms with Gasteiger partial charge < -0.3 is 15.4 Å². The molecule has 22 heavy (non-hydrogen) atoms. The van der Waals surface area contributed by atoms with E-state index in [0.29, 0.717) is 13.1 Å². The summed E-state index contributed by atoms with van der Waals surface area (Å²) in [5.74, 6) is 0.850. The zero-order valence-corrected chi connectivity index (χ0v) is 12.9. The summed E-state index contributed by atoms with van der Waals surface area (Å²) >= 11 is 0. The summed E-state index contributed by atoms with van der Waals surface area (Å²) in [7, 11) is 1.65. The van der Waals surface area contributed by atoms with E-state index < -0.39 is 0 Å². The summed E-state index contributed by atoms with van der Waals surface area (Å²) < 4.78 is 5.33. The number of hydrogen-bond acceptors (Lipinski definition) is 3. The van der Waals surface area contributed by atoms with Crippen molar-refractivity contribution in [3.63, 3.8) is 0 Å². The molecule has 0 saturated carbocycles. The fourth-order valence-electron chi connectivity index (χ4n) is 2.16. The number of carbonyl (C=O) groups excluding carboxylic acids is 1. The van der Waals surface area contributed by atoms with Gasteiger partial charge in [-0.15, -0.1) is 0 Å². The van der Waals surface area contributed by atoms with Crippen LogP contribution in [0.2, 0.25) is 0 Å². The summed E-state index contributed by atoms with van der Waals surface area (Å²) in [5, 5.41) is 5.65. The van der Waals surface area contributed by atoms with Crippen LogP contribution >= 0.6 is 0 Å². The first-order chi connectivity index (χ1) is 10.7. The fraction of sp³-hybridized carbons (Fsp3) is 0.294. The van der Waals surface area contributed by atoms with Crippen molar-refractivity contribution in [2.24, 2.45) is 0 Å². The zero-order chi connectivity index (χ0) is 15.8. The summed E-state index contributed by atoms with van der Waals surface area (Å²) in [6.07, 6.45) is 4.17. The second-order valence-electron chi connectivity index (χ2n) is 5.04. The summed E-state index contributed by atoms with van der Waals surface area (Å²) in [5.41, 5.74) is 3.24. The topological polar surface area (TPSA) is 63.2 Å². The van der Waals surface area contributed by atoms with Gasteiger partial charge in [0.05, 0.1) is 7.11 Å². The molecule has 0 unspecified atom stereocenters. The molecule has 0 spiro atoms. The van der Waals surface area contributed by atoms with Crippen LogP contribution in [0, 0.1) is 6.92 Å². The van der Waals surface area contributed by atoms with Crippen molar-refractivity contribution in [2.75, 3.05) is 13.7 Å². The summed E-state index contributed by atoms with van der Waals surface area (Å²) in [4.78, 5) is 15.8. The molecule has 0 fully saturated rings. The molecular formula is C17H21N3O2. The van der Waals surface area contributed by atoms with Crippen molar-refractivity contribution in [1.82, 2.24) is 15.6 Å². The molecule has 5 nitrogen and oxygen atoms in total. The van der Waals surface area contributed by atoms with Crippen LogP contribution in [-0.4, -0.2) is 24.7 Å². The maximum atomic E-state index is 11.8. The first-order valence-corrected chi connectivity index (χ1v) is 7.23. The Bertz CT molecular complexity index is 615. The highest BCUT2D eigenvalue weighted by Crippen LogP contribution is 2.19. The fourth-order valence-corrected chi connectivity index (χ4v) is 2.16. The van der Waals surface area contributed by atoms with Crippen molar-refractivity contribution in [1.29, 1.82) is 0 Å². The number of pyridine rings is 1. The standard InChI is InChI=1S/C17H21N3O2/c1-13-5-6-16(22-2)15(10-13)7-9-19-17(21)20-12-14-4-3-8-18-11-14/h3-6,8,10-11H,7,9,12H2,1-2H3,(H2,19,20,21). The minimum Gasteiger partial charge on any atom is -0.496 e. The predicted molar refractivity (Wildman–Crippen MR) is 85.9 cm³/mol. The van der Waals surface area contributed by atoms with Crippen LogP contribution < -0.4 is 15.4 Å². The van der Waals surface area contributed by atoms with E-state index in [2.05, 4.69) is 21.7 Å². The molecule has 2 amide bonds. The number of carbonyl (C=O) groups is 1. The SMILES string of the molecule is COc1ccc(C)cc1CCNC(=O)NCc1cccnc1. The average Bonchev–Trinajstić information content (AvgIpc) is 2.54. The highest BCUT2D eigenvalue weighted by Gasteiger charge is 2.05. The normalized spacial score (nSPS) is 10.1. The van der Waals surface area contributed by atoms with Gasteiger partial charge in [0.2, 0.25) is 0 Å². The lowest BCUT2D eigenvalue weighted by Gasteiger charge is -2.11. The van der Waals surface area contributed by atoms with E-state index in [9.17, 15) is 4.79 Å². The summed E-state index contributed by atoms with van der Waals surface area (Å²) in [6.45, 7) is 3.06. The number of benzene rings is 1. The number of aromatic nitrogens is 1. The Morgan fingerprint density at radius 3 is 2.86 bits per heavy atom. The average molecular weight is 299 g/mol. The van der Waals surface area contributed by atoms with Crippen LogP contribution in [0.3, 0.4) is 0 Å². The molecule has 5 heteroatoms. The summed E-state index contributed by atoms with van der Waals surface area (Å²) in [6, 6.07) is 9.62. The zero-order valence-electron chi connectivity index (χ0n) is 12.9. The van der Waals surface area contributed by atoms with Gasteiger partial charge in [-0.3, -0.25) is 4.98 Å². The van der Waals surface area contributed by atoms with Gasteiger partial charge in [-0.05, 0) is 36.6 Å². The minimum absolute atomic E-state index is 0.185. The number of aryl methyl sites for hydroxylation is 1. The van der Waals surface area contributed by atoms with Crippen molar-refractivity contribution in [3.05, 3.63) is 59.4 Å². The number of urea groups is 1. The smallest absolute Gasteiger partial charge is 0.315 e. The molecule has 1 aromatic carbocycles. The number of methoxy groups -OCH3 is 1. The Balaban J connectivity index is 1.76. The van der Waals surface area contributed by atoms with E-state index in [0.717, 1.165) is 23.3 Å². The van der Waals surface area contributed by atoms with E-state index in [1.807, 2.05) is 31.2 Å². The molecule has 0 aliphatic carbocycles. The van der Waals surface area contributed by atoms with Crippen LogP contribution in [0.1, 0.15) is 16.7 Å². The van der Waals surface area contributed by atoms with Gasteiger partial charge in [-0.25, -0.2) is 4.79 Å². The molecule has 0 radical (unpaired) electrons. The molecular weight excluding hydrogens is 278 g/mol. The molecule has 0 aliphatic heterocycles. The van der Waals surface area contributed by atoms with Gasteiger partial charge in [-0.2, -0.15) is 0 Å². The van der Waals surface area contributed by atoms with Crippen LogP contribution in [0.4, 0.5) is 4.79 Å². The highest BCUT2D eigenvalue weighted by atomic mass is 16.5. The van der Waals surface area contributed by atoms with Crippen molar-refractivity contribution in [2.45, 2.75) is 19.9 Å². The number of rotatable bonds is 6. The van der Waals surface area contributed by atoms with Crippen molar-refractivity contribution in [3.8, 4) is 5.75 Å². The Morgan fingerprint density at radius 2 is 2.14 bits per heavy atom. The first-order valence-electron chi connectivity index (χ1n) is 7.23. The van der Waals surface area contributed by atoms with Gasteiger partial charge in [0, 0.05) is 25.5 Å². The molecule has 0 atom stereocenters. The number of nitrogens with one attached hydrogen (secondary N) is 2. The molecule has 0 aliphatic rings. The molecule has 2 aromatic rings. The Kier molecular flexibility index (Phi) is 5.77. The third-order valence-corrected chi connectivity index (χ3v) is 3.29. The number of ether oxygens (including phenoxy) is 1. The third kappa shape index (κ3) is 4.77. The first kappa shape index (κ1) is 15.8. The molecule has 2 N–H and O–H groups in total. The van der Waals surface area contributed by atoms with Gasteiger partial charge >= 0.3 is 6.03 Å². The monoisotopic (exact) mass is 299 g/mol. The largest absolute Gasteiger partial charge is 0.496 e. The van der Waals surface area contributed by atoms with Crippen molar-refractivity contribution < 1.29 is 9.53 Å². The quantitative estimate of drug-likeness (QED) is 0.861. The molecule has 2 rings (SSSR count). The molecule has 0 saturated heterocycles. The van der Waals surface area contributed by atoms with Gasteiger partial charge in [0.15, 0.2) is 0 Å². The minimum atomic E-state index is -0.185. The molecule has 116 valence electrons. The predicted octanol–water partition coefficient (Wildman–Crippen LogP) is 2.44. The Labute approximate surface area is 130 Å². The number of hydrogen-bond donors (Lipinski definition) is 2. The van der Waals surface area contributed by atoms with E-state index in [1.165, 1.54) is 5.56 Å². The highest BCUT2D eigenvalue weighted by molar-refractivity contribution is 5.73. The van der Waals surface area contributed by atoms with E-state index in [-0.39, 0.29) is 6.03 Å². The number of nitrogens with zero attached hydrogens (tertiary/aromatic N) is 1. The molecule has 1 aromatic heterocycles. The van der Waals surface area contributed by atoms with Crippen LogP contribution in [0.5, 0.6) is 5.75 Å². The van der Waals surface area contributed by atoms with Crippen molar-refractivity contribution >= 4 is 6.03 Å². The Hall–Kier alpha value is -2.56. The van der Waals surface area contributed by atoms with Crippen LogP contribution in [0.25, 0.3) is 0 Å². The molecule has 0 bridgehead atoms. The lowest BCUT2D eigenvalue weighted by Crippen LogP contribution is -2.36. The van der Waals surface area contributed by atoms with Gasteiger partial charge in [0.1, 0.15) is 5.75 Å². The van der Waals surface area contributed by atoms with Crippen LogP contribution in [0.15, 0.2) is 42.7 Å². The lowest BCUT2D eigenvalue weighted by molar-refractivity contribution is 0.240. The second-order valence-corrected chi connectivity index (χ2v) is 5.04. The number of amides is 2. The van der Waals surface area contributed by atoms with E-state index in [4.69, 9.17) is 4.74 Å².